The van der Waals surface area contributed by atoms with E-state index in [2.05, 4.69) is 17.0 Å². The van der Waals surface area contributed by atoms with Gasteiger partial charge < -0.3 is 4.90 Å². The molecule has 1 aliphatic heterocycles. The monoisotopic (exact) mass is 354 g/mol. The van der Waals surface area contributed by atoms with E-state index in [-0.39, 0.29) is 11.8 Å². The standard InChI is InChI=1S/C18H24Cl2N2O/c1-21(2)18(23)14-9-13(10-14)15-6-5-12(16(19)17(15)20)11-22-7-3-4-8-22/h5-6,13-14H,3-4,7-11H2,1-2H3. The van der Waals surface area contributed by atoms with Crippen LogP contribution in [0.5, 0.6) is 0 Å². The zero-order valence-electron chi connectivity index (χ0n) is 13.8. The molecule has 2 aliphatic rings. The van der Waals surface area contributed by atoms with Crippen LogP contribution in [0.15, 0.2) is 12.1 Å². The van der Waals surface area contributed by atoms with Crippen LogP contribution in [-0.4, -0.2) is 42.9 Å². The second-order valence-electron chi connectivity index (χ2n) is 7.02. The molecule has 2 fully saturated rings. The highest BCUT2D eigenvalue weighted by atomic mass is 35.5. The van der Waals surface area contributed by atoms with Crippen molar-refractivity contribution in [2.24, 2.45) is 5.92 Å². The van der Waals surface area contributed by atoms with Crippen LogP contribution >= 0.6 is 23.2 Å². The highest BCUT2D eigenvalue weighted by molar-refractivity contribution is 6.43. The predicted octanol–water partition coefficient (Wildman–Crippen LogP) is 4.17. The van der Waals surface area contributed by atoms with Gasteiger partial charge >= 0.3 is 0 Å². The molecule has 1 aromatic rings. The van der Waals surface area contributed by atoms with Crippen molar-refractivity contribution in [2.75, 3.05) is 27.2 Å². The third-order valence-corrected chi connectivity index (χ3v) is 6.09. The number of carbonyl (C=O) groups is 1. The Balaban J connectivity index is 1.68. The van der Waals surface area contributed by atoms with Crippen LogP contribution in [0.2, 0.25) is 10.0 Å². The van der Waals surface area contributed by atoms with E-state index in [1.54, 1.807) is 4.90 Å². The van der Waals surface area contributed by atoms with Gasteiger partial charge in [-0.05, 0) is 55.8 Å². The quantitative estimate of drug-likeness (QED) is 0.809. The third kappa shape index (κ3) is 3.52. The minimum atomic E-state index is 0.133. The van der Waals surface area contributed by atoms with Gasteiger partial charge in [-0.1, -0.05) is 35.3 Å². The molecule has 1 saturated heterocycles. The van der Waals surface area contributed by atoms with E-state index in [1.807, 2.05) is 14.1 Å². The van der Waals surface area contributed by atoms with Crippen LogP contribution in [0, 0.1) is 5.92 Å². The molecule has 3 nitrogen and oxygen atoms in total. The number of hydrogen-bond donors (Lipinski definition) is 0. The SMILES string of the molecule is CN(C)C(=O)C1CC(c2ccc(CN3CCCC3)c(Cl)c2Cl)C1. The zero-order chi connectivity index (χ0) is 16.6. The van der Waals surface area contributed by atoms with Gasteiger partial charge in [0.15, 0.2) is 0 Å². The summed E-state index contributed by atoms with van der Waals surface area (Å²) in [6.07, 6.45) is 4.29. The summed E-state index contributed by atoms with van der Waals surface area (Å²) in [6, 6.07) is 4.23. The van der Waals surface area contributed by atoms with E-state index in [0.29, 0.717) is 16.0 Å². The lowest BCUT2D eigenvalue weighted by molar-refractivity contribution is -0.136. The molecule has 23 heavy (non-hydrogen) atoms. The molecule has 1 aromatic carbocycles. The van der Waals surface area contributed by atoms with E-state index in [0.717, 1.165) is 43.6 Å². The summed E-state index contributed by atoms with van der Waals surface area (Å²) in [5.41, 5.74) is 2.22. The average molecular weight is 355 g/mol. The van der Waals surface area contributed by atoms with Crippen LogP contribution in [0.1, 0.15) is 42.7 Å². The Labute approximate surface area is 148 Å². The maximum atomic E-state index is 12.0. The normalized spacial score (nSPS) is 24.5. The average Bonchev–Trinajstić information content (AvgIpc) is 2.97. The summed E-state index contributed by atoms with van der Waals surface area (Å²) >= 11 is 13.1. The lowest BCUT2D eigenvalue weighted by Crippen LogP contribution is -2.37. The van der Waals surface area contributed by atoms with Gasteiger partial charge in [0.2, 0.25) is 5.91 Å². The molecule has 1 saturated carbocycles. The van der Waals surface area contributed by atoms with Crippen molar-refractivity contribution >= 4 is 29.1 Å². The van der Waals surface area contributed by atoms with E-state index in [4.69, 9.17) is 23.2 Å². The van der Waals surface area contributed by atoms with Gasteiger partial charge in [-0.2, -0.15) is 0 Å². The van der Waals surface area contributed by atoms with E-state index < -0.39 is 0 Å². The highest BCUT2D eigenvalue weighted by Crippen LogP contribution is 2.46. The van der Waals surface area contributed by atoms with Crippen molar-refractivity contribution < 1.29 is 4.79 Å². The van der Waals surface area contributed by atoms with Gasteiger partial charge in [0.1, 0.15) is 0 Å². The Hall–Kier alpha value is -0.770. The number of benzene rings is 1. The number of halogens is 2. The molecule has 5 heteroatoms. The van der Waals surface area contributed by atoms with Gasteiger partial charge in [0.25, 0.3) is 0 Å². The molecular formula is C18H24Cl2N2O. The van der Waals surface area contributed by atoms with Crippen molar-refractivity contribution in [1.82, 2.24) is 9.80 Å². The minimum Gasteiger partial charge on any atom is -0.349 e. The molecule has 0 N–H and O–H groups in total. The fraction of sp³-hybridized carbons (Fsp3) is 0.611. The Bertz CT molecular complexity index is 591. The van der Waals surface area contributed by atoms with Crippen molar-refractivity contribution in [3.8, 4) is 0 Å². The molecular weight excluding hydrogens is 331 g/mol. The molecule has 1 amide bonds. The lowest BCUT2D eigenvalue weighted by atomic mass is 9.70. The molecule has 0 spiro atoms. The number of amides is 1. The largest absolute Gasteiger partial charge is 0.349 e. The zero-order valence-corrected chi connectivity index (χ0v) is 15.3. The van der Waals surface area contributed by atoms with Crippen LogP contribution in [0.4, 0.5) is 0 Å². The first kappa shape index (κ1) is 17.1. The number of hydrogen-bond acceptors (Lipinski definition) is 2. The van der Waals surface area contributed by atoms with Crippen molar-refractivity contribution in [3.05, 3.63) is 33.3 Å². The smallest absolute Gasteiger partial charge is 0.225 e. The summed E-state index contributed by atoms with van der Waals surface area (Å²) in [5, 5.41) is 1.38. The molecule has 0 unspecified atom stereocenters. The van der Waals surface area contributed by atoms with Crippen LogP contribution in [0.3, 0.4) is 0 Å². The second-order valence-corrected chi connectivity index (χ2v) is 7.78. The maximum absolute atomic E-state index is 12.0. The molecule has 1 heterocycles. The fourth-order valence-electron chi connectivity index (χ4n) is 3.66. The minimum absolute atomic E-state index is 0.133. The lowest BCUT2D eigenvalue weighted by Gasteiger charge is -2.36. The molecule has 1 aliphatic carbocycles. The Morgan fingerprint density at radius 1 is 1.17 bits per heavy atom. The van der Waals surface area contributed by atoms with Crippen molar-refractivity contribution in [3.63, 3.8) is 0 Å². The van der Waals surface area contributed by atoms with E-state index >= 15 is 0 Å². The van der Waals surface area contributed by atoms with Crippen LogP contribution in [0.25, 0.3) is 0 Å². The van der Waals surface area contributed by atoms with Crippen LogP contribution < -0.4 is 0 Å². The van der Waals surface area contributed by atoms with Gasteiger partial charge in [-0.3, -0.25) is 9.69 Å². The molecule has 3 rings (SSSR count). The Morgan fingerprint density at radius 2 is 1.83 bits per heavy atom. The molecule has 0 atom stereocenters. The molecule has 0 radical (unpaired) electrons. The maximum Gasteiger partial charge on any atom is 0.225 e. The number of likely N-dealkylation sites (tertiary alicyclic amines) is 1. The summed E-state index contributed by atoms with van der Waals surface area (Å²) in [5.74, 6) is 0.706. The number of nitrogens with zero attached hydrogens (tertiary/aromatic N) is 2. The van der Waals surface area contributed by atoms with Crippen molar-refractivity contribution in [1.29, 1.82) is 0 Å². The Kier molecular flexibility index (Phi) is 5.19. The van der Waals surface area contributed by atoms with Gasteiger partial charge in [-0.25, -0.2) is 0 Å². The van der Waals surface area contributed by atoms with Crippen molar-refractivity contribution in [2.45, 2.75) is 38.1 Å². The first-order chi connectivity index (χ1) is 11.0. The summed E-state index contributed by atoms with van der Waals surface area (Å²) < 4.78 is 0. The summed E-state index contributed by atoms with van der Waals surface area (Å²) in [7, 11) is 3.62. The highest BCUT2D eigenvalue weighted by Gasteiger charge is 2.37. The van der Waals surface area contributed by atoms with Gasteiger partial charge in [-0.15, -0.1) is 0 Å². The second kappa shape index (κ2) is 7.00. The summed E-state index contributed by atoms with van der Waals surface area (Å²) in [6.45, 7) is 3.17. The molecule has 126 valence electrons. The topological polar surface area (TPSA) is 23.6 Å². The number of carbonyl (C=O) groups excluding carboxylic acids is 1. The molecule has 0 aromatic heterocycles. The molecule has 0 bridgehead atoms. The van der Waals surface area contributed by atoms with Gasteiger partial charge in [0.05, 0.1) is 10.0 Å². The first-order valence-electron chi connectivity index (χ1n) is 8.37. The Morgan fingerprint density at radius 3 is 2.43 bits per heavy atom. The predicted molar refractivity (Wildman–Crippen MR) is 95.1 cm³/mol. The van der Waals surface area contributed by atoms with E-state index in [1.165, 1.54) is 12.8 Å². The van der Waals surface area contributed by atoms with Crippen LogP contribution in [-0.2, 0) is 11.3 Å². The van der Waals surface area contributed by atoms with E-state index in [9.17, 15) is 4.79 Å². The third-order valence-electron chi connectivity index (χ3n) is 5.15. The summed E-state index contributed by atoms with van der Waals surface area (Å²) in [4.78, 5) is 16.1. The first-order valence-corrected chi connectivity index (χ1v) is 9.13. The van der Waals surface area contributed by atoms with Gasteiger partial charge in [0, 0.05) is 26.6 Å². The fourth-order valence-corrected chi connectivity index (χ4v) is 4.23. The number of rotatable bonds is 4.